The highest BCUT2D eigenvalue weighted by atomic mass is 32.2. The van der Waals surface area contributed by atoms with Crippen molar-refractivity contribution in [2.75, 3.05) is 11.5 Å². The van der Waals surface area contributed by atoms with E-state index in [0.717, 1.165) is 0 Å². The molecule has 0 aliphatic heterocycles. The largest absolute Gasteiger partial charge is 0.461 e. The van der Waals surface area contributed by atoms with Gasteiger partial charge >= 0.3 is 0 Å². The molecule has 13 heavy (non-hydrogen) atoms. The van der Waals surface area contributed by atoms with Crippen LogP contribution in [0.3, 0.4) is 0 Å². The Morgan fingerprint density at radius 2 is 2.23 bits per heavy atom. The highest BCUT2D eigenvalue weighted by Crippen LogP contribution is 2.03. The van der Waals surface area contributed by atoms with Crippen LogP contribution in [0.2, 0.25) is 0 Å². The predicted octanol–water partition coefficient (Wildman–Crippen LogP) is 0.897. The van der Waals surface area contributed by atoms with E-state index in [-0.39, 0.29) is 11.5 Å². The minimum absolute atomic E-state index is 0.0283. The molecule has 5 heteroatoms. The molecule has 1 rings (SSSR count). The van der Waals surface area contributed by atoms with E-state index < -0.39 is 21.4 Å². The molecule has 0 atom stereocenters. The van der Waals surface area contributed by atoms with Crippen molar-refractivity contribution in [3.05, 3.63) is 24.2 Å². The Labute approximate surface area is 76.5 Å². The highest BCUT2D eigenvalue weighted by Gasteiger charge is 2.17. The summed E-state index contributed by atoms with van der Waals surface area (Å²) in [5, 5.41) is 0. The smallest absolute Gasteiger partial charge is 0.212 e. The fourth-order valence-electron chi connectivity index (χ4n) is 0.810. The van der Waals surface area contributed by atoms with Crippen LogP contribution < -0.4 is 0 Å². The van der Waals surface area contributed by atoms with Gasteiger partial charge < -0.3 is 4.42 Å². The molecule has 0 saturated heterocycles. The van der Waals surface area contributed by atoms with Gasteiger partial charge in [0, 0.05) is 5.75 Å². The van der Waals surface area contributed by atoms with Crippen LogP contribution in [-0.4, -0.2) is 25.7 Å². The van der Waals surface area contributed by atoms with Crippen LogP contribution >= 0.6 is 0 Å². The van der Waals surface area contributed by atoms with Crippen LogP contribution in [0.25, 0.3) is 0 Å². The van der Waals surface area contributed by atoms with E-state index in [4.69, 9.17) is 4.42 Å². The second-order valence-electron chi connectivity index (χ2n) is 2.58. The minimum Gasteiger partial charge on any atom is -0.461 e. The zero-order chi connectivity index (χ0) is 9.90. The molecule has 0 aliphatic rings. The molecule has 72 valence electrons. The first-order valence-corrected chi connectivity index (χ1v) is 5.64. The lowest BCUT2D eigenvalue weighted by molar-refractivity contribution is 0.0990. The number of sulfone groups is 1. The Morgan fingerprint density at radius 3 is 2.69 bits per heavy atom. The summed E-state index contributed by atoms with van der Waals surface area (Å²) in [7, 11) is -3.25. The molecule has 1 aromatic heterocycles. The average molecular weight is 202 g/mol. The van der Waals surface area contributed by atoms with Crippen molar-refractivity contribution in [3.8, 4) is 0 Å². The van der Waals surface area contributed by atoms with Gasteiger partial charge in [-0.05, 0) is 12.1 Å². The number of ketones is 1. The zero-order valence-electron chi connectivity index (χ0n) is 7.19. The van der Waals surface area contributed by atoms with Gasteiger partial charge in [-0.15, -0.1) is 0 Å². The topological polar surface area (TPSA) is 64.3 Å². The molecule has 0 aromatic carbocycles. The monoisotopic (exact) mass is 202 g/mol. The van der Waals surface area contributed by atoms with Crippen molar-refractivity contribution in [1.29, 1.82) is 0 Å². The summed E-state index contributed by atoms with van der Waals surface area (Å²) in [4.78, 5) is 11.2. The van der Waals surface area contributed by atoms with Crippen LogP contribution in [-0.2, 0) is 9.84 Å². The van der Waals surface area contributed by atoms with Gasteiger partial charge in [-0.3, -0.25) is 4.79 Å². The summed E-state index contributed by atoms with van der Waals surface area (Å²) in [6.45, 7) is 1.50. The Morgan fingerprint density at radius 1 is 1.54 bits per heavy atom. The number of furan rings is 1. The van der Waals surface area contributed by atoms with E-state index in [1.54, 1.807) is 6.07 Å². The Balaban J connectivity index is 2.73. The Kier molecular flexibility index (Phi) is 2.87. The molecule has 0 N–H and O–H groups in total. The summed E-state index contributed by atoms with van der Waals surface area (Å²) in [5.41, 5.74) is 0. The first-order valence-electron chi connectivity index (χ1n) is 3.82. The third-order valence-corrected chi connectivity index (χ3v) is 3.17. The van der Waals surface area contributed by atoms with Gasteiger partial charge in [0.2, 0.25) is 5.78 Å². The summed E-state index contributed by atoms with van der Waals surface area (Å²) >= 11 is 0. The number of hydrogen-bond acceptors (Lipinski definition) is 4. The minimum atomic E-state index is -3.25. The molecule has 4 nitrogen and oxygen atoms in total. The van der Waals surface area contributed by atoms with Crippen LogP contribution in [0.5, 0.6) is 0 Å². The summed E-state index contributed by atoms with van der Waals surface area (Å²) < 4.78 is 26.9. The third-order valence-electron chi connectivity index (χ3n) is 1.59. The van der Waals surface area contributed by atoms with Crippen molar-refractivity contribution in [1.82, 2.24) is 0 Å². The molecule has 0 bridgehead atoms. The highest BCUT2D eigenvalue weighted by molar-refractivity contribution is 7.92. The lowest BCUT2D eigenvalue weighted by Gasteiger charge is -1.96. The molecular weight excluding hydrogens is 192 g/mol. The normalized spacial score (nSPS) is 11.5. The molecule has 0 unspecified atom stereocenters. The lowest BCUT2D eigenvalue weighted by atomic mass is 10.3. The van der Waals surface area contributed by atoms with E-state index in [2.05, 4.69) is 0 Å². The maximum Gasteiger partial charge on any atom is 0.212 e. The van der Waals surface area contributed by atoms with Gasteiger partial charge in [0.15, 0.2) is 15.6 Å². The van der Waals surface area contributed by atoms with Crippen molar-refractivity contribution in [3.63, 3.8) is 0 Å². The molecule has 0 amide bonds. The van der Waals surface area contributed by atoms with Crippen LogP contribution in [0.15, 0.2) is 22.8 Å². The molecule has 0 saturated carbocycles. The van der Waals surface area contributed by atoms with Gasteiger partial charge in [-0.1, -0.05) is 6.92 Å². The van der Waals surface area contributed by atoms with Crippen molar-refractivity contribution < 1.29 is 17.6 Å². The summed E-state index contributed by atoms with van der Waals surface area (Å²) in [5.74, 6) is -0.903. The number of carbonyl (C=O) groups is 1. The van der Waals surface area contributed by atoms with E-state index in [0.29, 0.717) is 0 Å². The number of rotatable bonds is 4. The van der Waals surface area contributed by atoms with Gasteiger partial charge in [-0.2, -0.15) is 0 Å². The van der Waals surface area contributed by atoms with E-state index in [1.807, 2.05) is 0 Å². The van der Waals surface area contributed by atoms with Crippen LogP contribution in [0.1, 0.15) is 17.5 Å². The van der Waals surface area contributed by atoms with Crippen LogP contribution in [0.4, 0.5) is 0 Å². The fraction of sp³-hybridized carbons (Fsp3) is 0.375. The SMILES string of the molecule is CCS(=O)(=O)CC(=O)c1ccco1. The molecule has 0 aliphatic carbocycles. The first kappa shape index (κ1) is 9.98. The second kappa shape index (κ2) is 3.74. The lowest BCUT2D eigenvalue weighted by Crippen LogP contribution is -2.17. The van der Waals surface area contributed by atoms with Gasteiger partial charge in [-0.25, -0.2) is 8.42 Å². The number of Topliss-reactive ketones (excluding diaryl/α,β-unsaturated/α-hetero) is 1. The summed E-state index contributed by atoms with van der Waals surface area (Å²) in [6, 6.07) is 3.00. The summed E-state index contributed by atoms with van der Waals surface area (Å²) in [6.07, 6.45) is 1.34. The van der Waals surface area contributed by atoms with Gasteiger partial charge in [0.1, 0.15) is 5.75 Å². The number of hydrogen-bond donors (Lipinski definition) is 0. The average Bonchev–Trinajstić information content (AvgIpc) is 2.55. The predicted molar refractivity (Wildman–Crippen MR) is 47.4 cm³/mol. The zero-order valence-corrected chi connectivity index (χ0v) is 8.00. The van der Waals surface area contributed by atoms with Crippen molar-refractivity contribution >= 4 is 15.6 Å². The van der Waals surface area contributed by atoms with Gasteiger partial charge in [0.05, 0.1) is 6.26 Å². The molecule has 0 spiro atoms. The number of carbonyl (C=O) groups excluding carboxylic acids is 1. The standard InChI is InChI=1S/C8H10O4S/c1-2-13(10,11)6-7(9)8-4-3-5-12-8/h3-5H,2,6H2,1H3. The maximum atomic E-state index is 11.2. The Hall–Kier alpha value is -1.10. The quantitative estimate of drug-likeness (QED) is 0.680. The van der Waals surface area contributed by atoms with E-state index in [1.165, 1.54) is 19.3 Å². The molecule has 0 radical (unpaired) electrons. The Bertz CT molecular complexity index is 374. The molecule has 1 aromatic rings. The third kappa shape index (κ3) is 2.69. The molecular formula is C8H10O4S. The second-order valence-corrected chi connectivity index (χ2v) is 4.93. The van der Waals surface area contributed by atoms with Crippen LogP contribution in [0, 0.1) is 0 Å². The molecule has 1 heterocycles. The van der Waals surface area contributed by atoms with E-state index >= 15 is 0 Å². The van der Waals surface area contributed by atoms with E-state index in [9.17, 15) is 13.2 Å². The van der Waals surface area contributed by atoms with Gasteiger partial charge in [0.25, 0.3) is 0 Å². The first-order chi connectivity index (χ1) is 6.05. The maximum absolute atomic E-state index is 11.2. The fourth-order valence-corrected chi connectivity index (χ4v) is 1.56. The molecule has 0 fully saturated rings. The van der Waals surface area contributed by atoms with Crippen molar-refractivity contribution in [2.24, 2.45) is 0 Å². The van der Waals surface area contributed by atoms with Crippen molar-refractivity contribution in [2.45, 2.75) is 6.92 Å².